The number of hydrogen-bond acceptors (Lipinski definition) is 2. The van der Waals surface area contributed by atoms with Crippen LogP contribution in [0.4, 0.5) is 0 Å². The van der Waals surface area contributed by atoms with Gasteiger partial charge in [-0.3, -0.25) is 0 Å². The van der Waals surface area contributed by atoms with Crippen molar-refractivity contribution in [2.24, 2.45) is 0 Å². The van der Waals surface area contributed by atoms with Crippen LogP contribution in [0, 0.1) is 0 Å². The van der Waals surface area contributed by atoms with Crippen LogP contribution in [0.15, 0.2) is 35.7 Å². The van der Waals surface area contributed by atoms with Gasteiger partial charge in [-0.1, -0.05) is 37.6 Å². The van der Waals surface area contributed by atoms with Crippen molar-refractivity contribution < 1.29 is 0 Å². The van der Waals surface area contributed by atoms with E-state index >= 15 is 0 Å². The van der Waals surface area contributed by atoms with E-state index in [4.69, 9.17) is 0 Å². The molecule has 1 aromatic heterocycles. The molecule has 0 bridgehead atoms. The van der Waals surface area contributed by atoms with Crippen LogP contribution in [-0.2, 0) is 13.0 Å². The number of benzene rings is 1. The molecule has 0 saturated carbocycles. The van der Waals surface area contributed by atoms with Crippen LogP contribution in [0.5, 0.6) is 0 Å². The molecule has 1 N–H and O–H groups in total. The van der Waals surface area contributed by atoms with Gasteiger partial charge in [0.15, 0.2) is 0 Å². The maximum Gasteiger partial charge on any atom is 0.0296 e. The summed E-state index contributed by atoms with van der Waals surface area (Å²) in [6.45, 7) is 3.18. The molecule has 90 valence electrons. The van der Waals surface area contributed by atoms with Gasteiger partial charge in [-0.2, -0.15) is 0 Å². The highest BCUT2D eigenvalue weighted by atomic mass is 32.1. The molecule has 0 fully saturated rings. The molecule has 0 spiro atoms. The quantitative estimate of drug-likeness (QED) is 0.836. The van der Waals surface area contributed by atoms with Crippen molar-refractivity contribution >= 4 is 11.3 Å². The molecule has 17 heavy (non-hydrogen) atoms. The Morgan fingerprint density at radius 2 is 2.06 bits per heavy atom. The Labute approximate surface area is 108 Å². The molecule has 1 heterocycles. The van der Waals surface area contributed by atoms with E-state index < -0.39 is 0 Å². The molecular weight excluding hydrogens is 226 g/mol. The van der Waals surface area contributed by atoms with Gasteiger partial charge in [0.25, 0.3) is 0 Å². The minimum atomic E-state index is 0.958. The van der Waals surface area contributed by atoms with Crippen molar-refractivity contribution in [3.05, 3.63) is 46.2 Å². The van der Waals surface area contributed by atoms with Crippen LogP contribution in [0.2, 0.25) is 0 Å². The van der Waals surface area contributed by atoms with Crippen LogP contribution in [-0.4, -0.2) is 7.05 Å². The molecule has 0 aliphatic heterocycles. The maximum atomic E-state index is 3.19. The number of aryl methyl sites for hydroxylation is 1. The standard InChI is InChI=1S/C15H19NS/c1-3-5-12-6-4-7-13(8-12)14-9-15(10-16-2)17-11-14/h4,6-9,11,16H,3,5,10H2,1-2H3. The van der Waals surface area contributed by atoms with E-state index in [0.29, 0.717) is 0 Å². The predicted octanol–water partition coefficient (Wildman–Crippen LogP) is 4.09. The third kappa shape index (κ3) is 3.18. The number of thiophene rings is 1. The third-order valence-corrected chi connectivity index (χ3v) is 3.74. The van der Waals surface area contributed by atoms with Crippen molar-refractivity contribution in [2.75, 3.05) is 7.05 Å². The van der Waals surface area contributed by atoms with Gasteiger partial charge in [0.1, 0.15) is 0 Å². The molecule has 0 radical (unpaired) electrons. The lowest BCUT2D eigenvalue weighted by Gasteiger charge is -2.02. The Kier molecular flexibility index (Phi) is 4.35. The third-order valence-electron chi connectivity index (χ3n) is 2.80. The Morgan fingerprint density at radius 1 is 1.18 bits per heavy atom. The van der Waals surface area contributed by atoms with Crippen molar-refractivity contribution in [1.29, 1.82) is 0 Å². The maximum absolute atomic E-state index is 3.19. The number of hydrogen-bond donors (Lipinski definition) is 1. The summed E-state index contributed by atoms with van der Waals surface area (Å²) in [7, 11) is 1.99. The van der Waals surface area contributed by atoms with Crippen LogP contribution < -0.4 is 5.32 Å². The normalized spacial score (nSPS) is 10.7. The zero-order valence-electron chi connectivity index (χ0n) is 10.5. The molecule has 0 aliphatic rings. The monoisotopic (exact) mass is 245 g/mol. The van der Waals surface area contributed by atoms with Crippen LogP contribution in [0.1, 0.15) is 23.8 Å². The topological polar surface area (TPSA) is 12.0 Å². The van der Waals surface area contributed by atoms with Crippen LogP contribution in [0.25, 0.3) is 11.1 Å². The molecule has 0 saturated heterocycles. The molecular formula is C15H19NS. The summed E-state index contributed by atoms with van der Waals surface area (Å²) in [5.41, 5.74) is 4.12. The first kappa shape index (κ1) is 12.3. The lowest BCUT2D eigenvalue weighted by Crippen LogP contribution is -2.02. The van der Waals surface area contributed by atoms with Crippen LogP contribution >= 0.6 is 11.3 Å². The van der Waals surface area contributed by atoms with Gasteiger partial charge in [-0.15, -0.1) is 11.3 Å². The van der Waals surface area contributed by atoms with E-state index in [1.807, 2.05) is 18.4 Å². The zero-order chi connectivity index (χ0) is 12.1. The van der Waals surface area contributed by atoms with Gasteiger partial charge in [-0.25, -0.2) is 0 Å². The predicted molar refractivity (Wildman–Crippen MR) is 76.5 cm³/mol. The number of rotatable bonds is 5. The summed E-state index contributed by atoms with van der Waals surface area (Å²) in [5, 5.41) is 5.44. The summed E-state index contributed by atoms with van der Waals surface area (Å²) in [5.74, 6) is 0. The SMILES string of the molecule is CCCc1cccc(-c2csc(CNC)c2)c1. The van der Waals surface area contributed by atoms with Crippen molar-refractivity contribution in [3.63, 3.8) is 0 Å². The molecule has 0 amide bonds. The van der Waals surface area contributed by atoms with Crippen molar-refractivity contribution in [1.82, 2.24) is 5.32 Å². The average molecular weight is 245 g/mol. The summed E-state index contributed by atoms with van der Waals surface area (Å²) in [6.07, 6.45) is 2.37. The van der Waals surface area contributed by atoms with Gasteiger partial charge in [-0.05, 0) is 41.6 Å². The molecule has 2 rings (SSSR count). The van der Waals surface area contributed by atoms with Crippen molar-refractivity contribution in [2.45, 2.75) is 26.3 Å². The average Bonchev–Trinajstić information content (AvgIpc) is 2.79. The summed E-state index contributed by atoms with van der Waals surface area (Å²) < 4.78 is 0. The lowest BCUT2D eigenvalue weighted by atomic mass is 10.0. The fourth-order valence-corrected chi connectivity index (χ4v) is 2.90. The van der Waals surface area contributed by atoms with Gasteiger partial charge in [0.2, 0.25) is 0 Å². The van der Waals surface area contributed by atoms with E-state index in [0.717, 1.165) is 6.54 Å². The molecule has 2 aromatic rings. The van der Waals surface area contributed by atoms with E-state index in [1.165, 1.54) is 34.4 Å². The second-order valence-corrected chi connectivity index (χ2v) is 5.28. The van der Waals surface area contributed by atoms with Gasteiger partial charge < -0.3 is 5.32 Å². The summed E-state index contributed by atoms with van der Waals surface area (Å²) >= 11 is 1.83. The molecule has 0 unspecified atom stereocenters. The van der Waals surface area contributed by atoms with Gasteiger partial charge in [0.05, 0.1) is 0 Å². The fourth-order valence-electron chi connectivity index (χ4n) is 1.99. The van der Waals surface area contributed by atoms with Crippen molar-refractivity contribution in [3.8, 4) is 11.1 Å². The Bertz CT molecular complexity index is 473. The lowest BCUT2D eigenvalue weighted by molar-refractivity contribution is 0.831. The Hall–Kier alpha value is -1.12. The second kappa shape index (κ2) is 5.99. The van der Waals surface area contributed by atoms with Crippen LogP contribution in [0.3, 0.4) is 0 Å². The van der Waals surface area contributed by atoms with E-state index in [-0.39, 0.29) is 0 Å². The molecule has 1 aromatic carbocycles. The first-order chi connectivity index (χ1) is 8.33. The Morgan fingerprint density at radius 3 is 2.82 bits per heavy atom. The second-order valence-electron chi connectivity index (χ2n) is 4.28. The zero-order valence-corrected chi connectivity index (χ0v) is 11.3. The first-order valence-electron chi connectivity index (χ1n) is 6.14. The summed E-state index contributed by atoms with van der Waals surface area (Å²) in [4.78, 5) is 1.39. The van der Waals surface area contributed by atoms with E-state index in [2.05, 4.69) is 48.0 Å². The minimum absolute atomic E-state index is 0.958. The van der Waals surface area contributed by atoms with E-state index in [9.17, 15) is 0 Å². The highest BCUT2D eigenvalue weighted by Crippen LogP contribution is 2.26. The first-order valence-corrected chi connectivity index (χ1v) is 7.02. The van der Waals surface area contributed by atoms with Gasteiger partial charge in [0, 0.05) is 11.4 Å². The molecule has 2 heteroatoms. The number of nitrogens with one attached hydrogen (secondary N) is 1. The summed E-state index contributed by atoms with van der Waals surface area (Å²) in [6, 6.07) is 11.2. The highest BCUT2D eigenvalue weighted by molar-refractivity contribution is 7.10. The largest absolute Gasteiger partial charge is 0.315 e. The molecule has 0 atom stereocenters. The highest BCUT2D eigenvalue weighted by Gasteiger charge is 2.02. The van der Waals surface area contributed by atoms with Gasteiger partial charge >= 0.3 is 0 Å². The van der Waals surface area contributed by atoms with E-state index in [1.54, 1.807) is 0 Å². The Balaban J connectivity index is 2.22. The molecule has 1 nitrogen and oxygen atoms in total. The minimum Gasteiger partial charge on any atom is -0.315 e. The smallest absolute Gasteiger partial charge is 0.0296 e. The fraction of sp³-hybridized carbons (Fsp3) is 0.333. The molecule has 0 aliphatic carbocycles.